The number of nitrogens with one attached hydrogen (secondary N) is 2. The number of hydrogen-bond donors (Lipinski definition) is 3. The summed E-state index contributed by atoms with van der Waals surface area (Å²) in [6, 6.07) is -0.0465. The van der Waals surface area contributed by atoms with Crippen LogP contribution in [0.5, 0.6) is 0 Å². The Morgan fingerprint density at radius 1 is 1.35 bits per heavy atom. The van der Waals surface area contributed by atoms with Crippen molar-refractivity contribution in [3.63, 3.8) is 0 Å². The maximum atomic E-state index is 12.4. The summed E-state index contributed by atoms with van der Waals surface area (Å²) in [5.74, 6) is 1.14. The van der Waals surface area contributed by atoms with Gasteiger partial charge >= 0.3 is 0 Å². The van der Waals surface area contributed by atoms with Gasteiger partial charge in [-0.05, 0) is 38.0 Å². The molecule has 1 aromatic rings. The Morgan fingerprint density at radius 2 is 2.05 bits per heavy atom. The molecule has 7 heteroatoms. The number of aryl methyl sites for hydroxylation is 1. The molecule has 1 heterocycles. The molecule has 0 radical (unpaired) electrons. The molecule has 1 saturated carbocycles. The third-order valence-electron chi connectivity index (χ3n) is 4.37. The van der Waals surface area contributed by atoms with Crippen LogP contribution in [0.2, 0.25) is 0 Å². The molecule has 114 valence electrons. The maximum Gasteiger partial charge on any atom is 0.260 e. The van der Waals surface area contributed by atoms with Crippen molar-refractivity contribution in [1.29, 1.82) is 0 Å². The summed E-state index contributed by atoms with van der Waals surface area (Å²) in [5.41, 5.74) is 0.924. The van der Waals surface area contributed by atoms with E-state index in [1.165, 1.54) is 0 Å². The number of rotatable bonds is 4. The van der Waals surface area contributed by atoms with Crippen LogP contribution in [0.25, 0.3) is 0 Å². The predicted molar refractivity (Wildman–Crippen MR) is 75.5 cm³/mol. The van der Waals surface area contributed by atoms with Gasteiger partial charge in [0.15, 0.2) is 5.03 Å². The van der Waals surface area contributed by atoms with Crippen molar-refractivity contribution in [2.75, 3.05) is 0 Å². The van der Waals surface area contributed by atoms with E-state index < -0.39 is 10.0 Å². The molecule has 3 unspecified atom stereocenters. The summed E-state index contributed by atoms with van der Waals surface area (Å²) >= 11 is 0. The van der Waals surface area contributed by atoms with Crippen LogP contribution in [-0.2, 0) is 16.6 Å². The average Bonchev–Trinajstić information content (AvgIpc) is 2.75. The van der Waals surface area contributed by atoms with E-state index in [4.69, 9.17) is 0 Å². The van der Waals surface area contributed by atoms with E-state index in [0.717, 1.165) is 19.3 Å². The lowest BCUT2D eigenvalue weighted by molar-refractivity contribution is 0.241. The van der Waals surface area contributed by atoms with E-state index in [-0.39, 0.29) is 17.7 Å². The second kappa shape index (κ2) is 5.83. The van der Waals surface area contributed by atoms with Crippen molar-refractivity contribution in [2.45, 2.75) is 57.7 Å². The smallest absolute Gasteiger partial charge is 0.260 e. The Bertz CT molecular complexity index is 567. The highest BCUT2D eigenvalue weighted by atomic mass is 32.2. The van der Waals surface area contributed by atoms with E-state index in [2.05, 4.69) is 28.8 Å². The van der Waals surface area contributed by atoms with Crippen LogP contribution in [0.15, 0.2) is 5.03 Å². The van der Waals surface area contributed by atoms with Crippen molar-refractivity contribution in [3.8, 4) is 0 Å². The molecule has 2 rings (SSSR count). The molecule has 3 atom stereocenters. The highest BCUT2D eigenvalue weighted by Gasteiger charge is 2.30. The number of aromatic amines is 1. The van der Waals surface area contributed by atoms with Gasteiger partial charge in [0.05, 0.1) is 6.61 Å². The molecule has 0 aliphatic heterocycles. The molecule has 0 aromatic carbocycles. The minimum absolute atomic E-state index is 0.0465. The molecule has 0 spiro atoms. The van der Waals surface area contributed by atoms with Crippen LogP contribution >= 0.6 is 0 Å². The Hall–Kier alpha value is -0.920. The van der Waals surface area contributed by atoms with Gasteiger partial charge < -0.3 is 5.11 Å². The first kappa shape index (κ1) is 15.5. The van der Waals surface area contributed by atoms with Crippen LogP contribution in [0.3, 0.4) is 0 Å². The molecule has 0 bridgehead atoms. The van der Waals surface area contributed by atoms with Gasteiger partial charge in [-0.2, -0.15) is 5.10 Å². The Morgan fingerprint density at radius 3 is 2.65 bits per heavy atom. The monoisotopic (exact) mass is 301 g/mol. The summed E-state index contributed by atoms with van der Waals surface area (Å²) < 4.78 is 27.5. The number of nitrogens with zero attached hydrogens (tertiary/aromatic N) is 1. The lowest BCUT2D eigenvalue weighted by Crippen LogP contribution is -2.40. The highest BCUT2D eigenvalue weighted by Crippen LogP contribution is 2.30. The number of aliphatic hydroxyl groups is 1. The first-order valence-electron chi connectivity index (χ1n) is 7.02. The standard InChI is InChI=1S/C13H23N3O3S/c1-8-4-5-11(6-9(8)2)16-20(18,19)13-12(7-17)10(3)14-15-13/h8-9,11,16-17H,4-7H2,1-3H3,(H,14,15). The van der Waals surface area contributed by atoms with Gasteiger partial charge in [-0.15, -0.1) is 0 Å². The normalized spacial score (nSPS) is 27.7. The van der Waals surface area contributed by atoms with Crippen molar-refractivity contribution >= 4 is 10.0 Å². The molecular formula is C13H23N3O3S. The molecule has 1 fully saturated rings. The van der Waals surface area contributed by atoms with Crippen LogP contribution in [0.1, 0.15) is 44.4 Å². The van der Waals surface area contributed by atoms with E-state index >= 15 is 0 Å². The summed E-state index contributed by atoms with van der Waals surface area (Å²) in [4.78, 5) is 0. The molecular weight excluding hydrogens is 278 g/mol. The van der Waals surface area contributed by atoms with Crippen molar-refractivity contribution in [2.24, 2.45) is 11.8 Å². The summed E-state index contributed by atoms with van der Waals surface area (Å²) in [6.07, 6.45) is 2.72. The molecule has 0 amide bonds. The topological polar surface area (TPSA) is 95.1 Å². The number of aromatic nitrogens is 2. The fraction of sp³-hybridized carbons (Fsp3) is 0.769. The number of H-pyrrole nitrogens is 1. The molecule has 6 nitrogen and oxygen atoms in total. The molecule has 1 aromatic heterocycles. The van der Waals surface area contributed by atoms with Gasteiger partial charge in [0.25, 0.3) is 10.0 Å². The lowest BCUT2D eigenvalue weighted by Gasteiger charge is -2.32. The number of hydrogen-bond acceptors (Lipinski definition) is 4. The Labute approximate surface area is 120 Å². The largest absolute Gasteiger partial charge is 0.392 e. The van der Waals surface area contributed by atoms with Crippen LogP contribution < -0.4 is 4.72 Å². The molecule has 1 aliphatic rings. The van der Waals surface area contributed by atoms with Crippen LogP contribution in [-0.4, -0.2) is 29.8 Å². The van der Waals surface area contributed by atoms with Crippen molar-refractivity contribution < 1.29 is 13.5 Å². The average molecular weight is 301 g/mol. The van der Waals surface area contributed by atoms with Gasteiger partial charge in [-0.25, -0.2) is 13.1 Å². The zero-order valence-corrected chi connectivity index (χ0v) is 13.0. The summed E-state index contributed by atoms with van der Waals surface area (Å²) in [7, 11) is -3.68. The van der Waals surface area contributed by atoms with Gasteiger partial charge in [0.1, 0.15) is 0 Å². The van der Waals surface area contributed by atoms with E-state index in [1.54, 1.807) is 6.92 Å². The highest BCUT2D eigenvalue weighted by molar-refractivity contribution is 7.89. The quantitative estimate of drug-likeness (QED) is 0.781. The van der Waals surface area contributed by atoms with E-state index in [0.29, 0.717) is 23.1 Å². The first-order valence-corrected chi connectivity index (χ1v) is 8.50. The maximum absolute atomic E-state index is 12.4. The lowest BCUT2D eigenvalue weighted by atomic mass is 9.79. The van der Waals surface area contributed by atoms with E-state index in [9.17, 15) is 13.5 Å². The fourth-order valence-corrected chi connectivity index (χ4v) is 4.24. The minimum atomic E-state index is -3.68. The van der Waals surface area contributed by atoms with Gasteiger partial charge in [0.2, 0.25) is 0 Å². The first-order chi connectivity index (χ1) is 9.35. The Balaban J connectivity index is 2.15. The summed E-state index contributed by atoms with van der Waals surface area (Å²) in [5, 5.41) is 15.6. The van der Waals surface area contributed by atoms with Crippen LogP contribution in [0, 0.1) is 18.8 Å². The molecule has 20 heavy (non-hydrogen) atoms. The van der Waals surface area contributed by atoms with E-state index in [1.807, 2.05) is 0 Å². The van der Waals surface area contributed by atoms with Gasteiger partial charge in [-0.3, -0.25) is 5.10 Å². The zero-order valence-electron chi connectivity index (χ0n) is 12.2. The van der Waals surface area contributed by atoms with Crippen molar-refractivity contribution in [1.82, 2.24) is 14.9 Å². The predicted octanol–water partition coefficient (Wildman–Crippen LogP) is 1.31. The summed E-state index contributed by atoms with van der Waals surface area (Å²) in [6.45, 7) is 5.72. The second-order valence-electron chi connectivity index (χ2n) is 5.88. The second-order valence-corrected chi connectivity index (χ2v) is 7.51. The third-order valence-corrected chi connectivity index (χ3v) is 5.86. The zero-order chi connectivity index (χ0) is 14.9. The van der Waals surface area contributed by atoms with Gasteiger partial charge in [0, 0.05) is 17.3 Å². The minimum Gasteiger partial charge on any atom is -0.392 e. The third kappa shape index (κ3) is 3.05. The van der Waals surface area contributed by atoms with Crippen molar-refractivity contribution in [3.05, 3.63) is 11.3 Å². The number of aliphatic hydroxyl groups excluding tert-OH is 1. The molecule has 1 aliphatic carbocycles. The van der Waals surface area contributed by atoms with Crippen LogP contribution in [0.4, 0.5) is 0 Å². The fourth-order valence-electron chi connectivity index (χ4n) is 2.77. The molecule has 0 saturated heterocycles. The molecule has 3 N–H and O–H groups in total. The SMILES string of the molecule is Cc1[nH]nc(S(=O)(=O)NC2CCC(C)C(C)C2)c1CO. The van der Waals surface area contributed by atoms with Gasteiger partial charge in [-0.1, -0.05) is 13.8 Å². The Kier molecular flexibility index (Phi) is 4.51. The number of sulfonamides is 1.